The summed E-state index contributed by atoms with van der Waals surface area (Å²) in [6, 6.07) is 15.8. The summed E-state index contributed by atoms with van der Waals surface area (Å²) in [5.74, 6) is -0.355. The Kier molecular flexibility index (Phi) is 7.09. The minimum Gasteiger partial charge on any atom is -0.493 e. The SMILES string of the molecule is COC(=O)[C@H](Cc1ccc(-c2nn(C)c3ccccc23)c2c1CCCO2)NC(=O)c1c(Cl)cccc1Cl. The molecule has 7 nitrogen and oxygen atoms in total. The van der Waals surface area contributed by atoms with Crippen molar-refractivity contribution in [3.05, 3.63) is 81.3 Å². The van der Waals surface area contributed by atoms with E-state index in [1.54, 1.807) is 18.2 Å². The fourth-order valence-electron chi connectivity index (χ4n) is 4.82. The summed E-state index contributed by atoms with van der Waals surface area (Å²) in [5, 5.41) is 8.96. The van der Waals surface area contributed by atoms with Crippen LogP contribution in [0.3, 0.4) is 0 Å². The summed E-state index contributed by atoms with van der Waals surface area (Å²) in [4.78, 5) is 25.8. The normalized spacial score (nSPS) is 13.5. The van der Waals surface area contributed by atoms with E-state index in [0.29, 0.717) is 6.61 Å². The van der Waals surface area contributed by atoms with Crippen LogP contribution >= 0.6 is 23.2 Å². The highest BCUT2D eigenvalue weighted by Gasteiger charge is 2.28. The van der Waals surface area contributed by atoms with E-state index in [2.05, 4.69) is 5.32 Å². The van der Waals surface area contributed by atoms with Crippen molar-refractivity contribution in [2.75, 3.05) is 13.7 Å². The van der Waals surface area contributed by atoms with E-state index in [4.69, 9.17) is 37.8 Å². The number of carbonyl (C=O) groups is 2. The number of halogens is 2. The Balaban J connectivity index is 1.51. The molecule has 2 heterocycles. The Bertz CT molecular complexity index is 1490. The first-order chi connectivity index (χ1) is 17.9. The monoisotopic (exact) mass is 537 g/mol. The molecule has 190 valence electrons. The van der Waals surface area contributed by atoms with Gasteiger partial charge in [-0.3, -0.25) is 9.48 Å². The maximum atomic E-state index is 13.0. The second kappa shape index (κ2) is 10.4. The van der Waals surface area contributed by atoms with Crippen molar-refractivity contribution in [2.45, 2.75) is 25.3 Å². The number of para-hydroxylation sites is 1. The third-order valence-corrected chi connectivity index (χ3v) is 7.22. The van der Waals surface area contributed by atoms with Gasteiger partial charge in [-0.25, -0.2) is 4.79 Å². The summed E-state index contributed by atoms with van der Waals surface area (Å²) < 4.78 is 13.0. The van der Waals surface area contributed by atoms with Crippen LogP contribution in [0.15, 0.2) is 54.6 Å². The first kappa shape index (κ1) is 25.1. The summed E-state index contributed by atoms with van der Waals surface area (Å²) in [5.41, 5.74) is 4.77. The zero-order chi connectivity index (χ0) is 26.1. The standard InChI is InChI=1S/C28H25Cl2N3O4/c1-33-23-11-4-3-7-18(23)25(32-33)19-13-12-16(17-8-6-14-37-26(17)19)15-22(28(35)36-2)31-27(34)24-20(29)9-5-10-21(24)30/h3-5,7,9-13,22H,6,8,14-15H2,1-2H3,(H,31,34)/t22-/m0/s1. The van der Waals surface area contributed by atoms with E-state index < -0.39 is 17.9 Å². The molecule has 9 heteroatoms. The smallest absolute Gasteiger partial charge is 0.328 e. The van der Waals surface area contributed by atoms with Crippen LogP contribution in [0.5, 0.6) is 5.75 Å². The van der Waals surface area contributed by atoms with Crippen molar-refractivity contribution in [2.24, 2.45) is 7.05 Å². The molecule has 0 fully saturated rings. The molecule has 4 aromatic rings. The van der Waals surface area contributed by atoms with E-state index >= 15 is 0 Å². The van der Waals surface area contributed by atoms with Crippen LogP contribution in [0.4, 0.5) is 0 Å². The summed E-state index contributed by atoms with van der Waals surface area (Å²) >= 11 is 12.4. The molecule has 0 saturated carbocycles. The van der Waals surface area contributed by atoms with Gasteiger partial charge in [0.15, 0.2) is 0 Å². The highest BCUT2D eigenvalue weighted by molar-refractivity contribution is 6.39. The Hall–Kier alpha value is -3.55. The number of methoxy groups -OCH3 is 1. The van der Waals surface area contributed by atoms with Gasteiger partial charge < -0.3 is 14.8 Å². The summed E-state index contributed by atoms with van der Waals surface area (Å²) in [6.45, 7) is 0.594. The predicted octanol–water partition coefficient (Wildman–Crippen LogP) is 5.39. The number of rotatable bonds is 6. The van der Waals surface area contributed by atoms with Crippen LogP contribution in [0, 0.1) is 0 Å². The van der Waals surface area contributed by atoms with Crippen LogP contribution in [0.2, 0.25) is 10.0 Å². The van der Waals surface area contributed by atoms with Gasteiger partial charge >= 0.3 is 5.97 Å². The fraction of sp³-hybridized carbons (Fsp3) is 0.250. The molecule has 1 amide bonds. The molecule has 0 saturated heterocycles. The second-order valence-electron chi connectivity index (χ2n) is 8.87. The van der Waals surface area contributed by atoms with Crippen molar-refractivity contribution >= 4 is 46.0 Å². The number of fused-ring (bicyclic) bond motifs is 2. The van der Waals surface area contributed by atoms with Gasteiger partial charge in [0.05, 0.1) is 34.8 Å². The topological polar surface area (TPSA) is 82.4 Å². The number of esters is 1. The highest BCUT2D eigenvalue weighted by atomic mass is 35.5. The number of hydrogen-bond acceptors (Lipinski definition) is 5. The van der Waals surface area contributed by atoms with Gasteiger partial charge in [0.25, 0.3) is 5.91 Å². The van der Waals surface area contributed by atoms with Crippen molar-refractivity contribution in [1.29, 1.82) is 0 Å². The minimum atomic E-state index is -0.947. The van der Waals surface area contributed by atoms with Gasteiger partial charge in [-0.05, 0) is 48.2 Å². The van der Waals surface area contributed by atoms with Gasteiger partial charge in [0.1, 0.15) is 17.5 Å². The molecule has 0 unspecified atom stereocenters. The molecule has 37 heavy (non-hydrogen) atoms. The van der Waals surface area contributed by atoms with Gasteiger partial charge in [0.2, 0.25) is 0 Å². The van der Waals surface area contributed by atoms with Gasteiger partial charge in [0, 0.05) is 24.4 Å². The van der Waals surface area contributed by atoms with E-state index in [0.717, 1.165) is 51.9 Å². The van der Waals surface area contributed by atoms with E-state index in [9.17, 15) is 9.59 Å². The minimum absolute atomic E-state index is 0.113. The van der Waals surface area contributed by atoms with Crippen molar-refractivity contribution in [3.8, 4) is 17.0 Å². The van der Waals surface area contributed by atoms with Crippen LogP contribution < -0.4 is 10.1 Å². The molecule has 1 aliphatic heterocycles. The van der Waals surface area contributed by atoms with Crippen LogP contribution in [0.1, 0.15) is 27.9 Å². The quantitative estimate of drug-likeness (QED) is 0.333. The lowest BCUT2D eigenvalue weighted by Crippen LogP contribution is -2.43. The van der Waals surface area contributed by atoms with E-state index in [-0.39, 0.29) is 22.0 Å². The first-order valence-electron chi connectivity index (χ1n) is 11.9. The maximum Gasteiger partial charge on any atom is 0.328 e. The molecule has 1 atom stereocenters. The largest absolute Gasteiger partial charge is 0.493 e. The lowest BCUT2D eigenvalue weighted by Gasteiger charge is -2.25. The molecular formula is C28H25Cl2N3O4. The lowest BCUT2D eigenvalue weighted by atomic mass is 9.91. The first-order valence-corrected chi connectivity index (χ1v) is 12.7. The van der Waals surface area contributed by atoms with Crippen molar-refractivity contribution in [3.63, 3.8) is 0 Å². The third kappa shape index (κ3) is 4.77. The predicted molar refractivity (Wildman–Crippen MR) is 143 cm³/mol. The molecule has 0 aliphatic carbocycles. The van der Waals surface area contributed by atoms with Gasteiger partial charge in [-0.1, -0.05) is 53.5 Å². The fourth-order valence-corrected chi connectivity index (χ4v) is 5.39. The Morgan fingerprint density at radius 3 is 2.62 bits per heavy atom. The van der Waals surface area contributed by atoms with Crippen LogP contribution in [0.25, 0.3) is 22.2 Å². The molecule has 0 radical (unpaired) electrons. The molecule has 1 N–H and O–H groups in total. The molecular weight excluding hydrogens is 513 g/mol. The highest BCUT2D eigenvalue weighted by Crippen LogP contribution is 2.40. The number of aromatic nitrogens is 2. The lowest BCUT2D eigenvalue weighted by molar-refractivity contribution is -0.142. The molecule has 0 bridgehead atoms. The van der Waals surface area contributed by atoms with Crippen LogP contribution in [-0.2, 0) is 29.4 Å². The molecule has 5 rings (SSSR count). The molecule has 1 aromatic heterocycles. The maximum absolute atomic E-state index is 13.0. The Morgan fingerprint density at radius 1 is 1.11 bits per heavy atom. The second-order valence-corrected chi connectivity index (χ2v) is 9.69. The van der Waals surface area contributed by atoms with Gasteiger partial charge in [-0.2, -0.15) is 5.10 Å². The number of ether oxygens (including phenoxy) is 2. The molecule has 1 aliphatic rings. The van der Waals surface area contributed by atoms with Gasteiger partial charge in [-0.15, -0.1) is 0 Å². The number of nitrogens with zero attached hydrogens (tertiary/aromatic N) is 2. The summed E-state index contributed by atoms with van der Waals surface area (Å²) in [6.07, 6.45) is 1.84. The number of nitrogens with one attached hydrogen (secondary N) is 1. The number of hydrogen-bond donors (Lipinski definition) is 1. The number of aryl methyl sites for hydroxylation is 1. The zero-order valence-electron chi connectivity index (χ0n) is 20.4. The average molecular weight is 538 g/mol. The van der Waals surface area contributed by atoms with Crippen molar-refractivity contribution < 1.29 is 19.1 Å². The van der Waals surface area contributed by atoms with Crippen LogP contribution in [-0.4, -0.2) is 41.4 Å². The van der Waals surface area contributed by atoms with Crippen molar-refractivity contribution in [1.82, 2.24) is 15.1 Å². The zero-order valence-corrected chi connectivity index (χ0v) is 21.9. The summed E-state index contributed by atoms with van der Waals surface area (Å²) in [7, 11) is 3.21. The average Bonchev–Trinajstić information content (AvgIpc) is 3.24. The molecule has 0 spiro atoms. The number of amides is 1. The third-order valence-electron chi connectivity index (χ3n) is 6.59. The van der Waals surface area contributed by atoms with E-state index in [1.807, 2.05) is 48.1 Å². The Morgan fingerprint density at radius 2 is 1.86 bits per heavy atom. The number of benzene rings is 3. The Labute approximate surface area is 224 Å². The number of carbonyl (C=O) groups excluding carboxylic acids is 2. The van der Waals surface area contributed by atoms with E-state index in [1.165, 1.54) is 7.11 Å². The molecule has 3 aromatic carbocycles.